The normalized spacial score (nSPS) is 22.4. The fourth-order valence-corrected chi connectivity index (χ4v) is 2.58. The van der Waals surface area contributed by atoms with E-state index in [-0.39, 0.29) is 6.10 Å². The lowest BCUT2D eigenvalue weighted by Gasteiger charge is -2.22. The first-order chi connectivity index (χ1) is 9.26. The molecule has 1 aromatic carbocycles. The summed E-state index contributed by atoms with van der Waals surface area (Å²) in [5, 5.41) is 3.50. The number of nitrogen functional groups attached to an aromatic ring is 1. The molecule has 4 heteroatoms. The third-order valence-electron chi connectivity index (χ3n) is 3.62. The molecule has 2 rings (SSSR count). The van der Waals surface area contributed by atoms with Gasteiger partial charge in [-0.3, -0.25) is 0 Å². The third-order valence-corrected chi connectivity index (χ3v) is 3.62. The topological polar surface area (TPSA) is 56.5 Å². The lowest BCUT2D eigenvalue weighted by Crippen LogP contribution is -2.30. The molecule has 0 bridgehead atoms. The summed E-state index contributed by atoms with van der Waals surface area (Å²) in [6.07, 6.45) is 4.69. The van der Waals surface area contributed by atoms with E-state index in [9.17, 15) is 0 Å². The molecule has 0 heterocycles. The van der Waals surface area contributed by atoms with Crippen molar-refractivity contribution < 1.29 is 9.47 Å². The largest absolute Gasteiger partial charge is 0.491 e. The fourth-order valence-electron chi connectivity index (χ4n) is 2.58. The molecule has 1 fully saturated rings. The molecule has 19 heavy (non-hydrogen) atoms. The van der Waals surface area contributed by atoms with Crippen molar-refractivity contribution in [1.29, 1.82) is 0 Å². The van der Waals surface area contributed by atoms with E-state index in [0.29, 0.717) is 18.3 Å². The van der Waals surface area contributed by atoms with Crippen molar-refractivity contribution in [2.45, 2.75) is 44.8 Å². The molecule has 1 aliphatic rings. The Balaban J connectivity index is 2.07. The predicted octanol–water partition coefficient (Wildman–Crippen LogP) is 3.04. The Bertz CT molecular complexity index is 409. The van der Waals surface area contributed by atoms with E-state index in [0.717, 1.165) is 30.7 Å². The highest BCUT2D eigenvalue weighted by Crippen LogP contribution is 2.32. The standard InChI is InChI=1S/C15H24N2O2/c1-3-10-19-14-9-5-7-12(15(14)16)17-11-6-4-8-13(11)18-2/h5,7,9,11,13,17H,3-4,6,8,10,16H2,1-2H3. The molecule has 2 atom stereocenters. The average molecular weight is 264 g/mol. The minimum absolute atomic E-state index is 0.277. The minimum atomic E-state index is 0.277. The maximum atomic E-state index is 6.16. The van der Waals surface area contributed by atoms with Gasteiger partial charge in [0, 0.05) is 7.11 Å². The van der Waals surface area contributed by atoms with Crippen molar-refractivity contribution in [2.24, 2.45) is 0 Å². The van der Waals surface area contributed by atoms with Gasteiger partial charge >= 0.3 is 0 Å². The predicted molar refractivity (Wildman–Crippen MR) is 78.7 cm³/mol. The van der Waals surface area contributed by atoms with E-state index in [1.165, 1.54) is 6.42 Å². The number of hydrogen-bond donors (Lipinski definition) is 2. The monoisotopic (exact) mass is 264 g/mol. The Kier molecular flexibility index (Phi) is 4.91. The Morgan fingerprint density at radius 2 is 2.21 bits per heavy atom. The molecule has 1 aromatic rings. The lowest BCUT2D eigenvalue weighted by atomic mass is 10.1. The van der Waals surface area contributed by atoms with Gasteiger partial charge in [-0.2, -0.15) is 0 Å². The molecule has 0 aromatic heterocycles. The molecular weight excluding hydrogens is 240 g/mol. The zero-order chi connectivity index (χ0) is 13.7. The van der Waals surface area contributed by atoms with Crippen LogP contribution in [0.15, 0.2) is 18.2 Å². The van der Waals surface area contributed by atoms with Crippen LogP contribution in [-0.4, -0.2) is 25.9 Å². The minimum Gasteiger partial charge on any atom is -0.491 e. The van der Waals surface area contributed by atoms with Crippen LogP contribution in [-0.2, 0) is 4.74 Å². The highest BCUT2D eigenvalue weighted by Gasteiger charge is 2.27. The van der Waals surface area contributed by atoms with Crippen molar-refractivity contribution in [3.05, 3.63) is 18.2 Å². The van der Waals surface area contributed by atoms with Crippen LogP contribution in [0.1, 0.15) is 32.6 Å². The smallest absolute Gasteiger partial charge is 0.144 e. The van der Waals surface area contributed by atoms with E-state index in [1.54, 1.807) is 7.11 Å². The first kappa shape index (κ1) is 14.0. The summed E-state index contributed by atoms with van der Waals surface area (Å²) in [5.41, 5.74) is 7.80. The van der Waals surface area contributed by atoms with E-state index < -0.39 is 0 Å². The first-order valence-corrected chi connectivity index (χ1v) is 7.07. The van der Waals surface area contributed by atoms with Gasteiger partial charge in [0.15, 0.2) is 0 Å². The molecule has 0 aliphatic heterocycles. The van der Waals surface area contributed by atoms with Crippen molar-refractivity contribution in [3.63, 3.8) is 0 Å². The van der Waals surface area contributed by atoms with Crippen molar-refractivity contribution in [3.8, 4) is 5.75 Å². The number of methoxy groups -OCH3 is 1. The number of para-hydroxylation sites is 1. The van der Waals surface area contributed by atoms with Crippen LogP contribution >= 0.6 is 0 Å². The second-order valence-corrected chi connectivity index (χ2v) is 5.02. The van der Waals surface area contributed by atoms with Crippen LogP contribution in [0.4, 0.5) is 11.4 Å². The second-order valence-electron chi connectivity index (χ2n) is 5.02. The number of rotatable bonds is 6. The second kappa shape index (κ2) is 6.66. The number of anilines is 2. The van der Waals surface area contributed by atoms with Gasteiger partial charge in [0.1, 0.15) is 5.75 Å². The van der Waals surface area contributed by atoms with Gasteiger partial charge in [-0.05, 0) is 37.8 Å². The van der Waals surface area contributed by atoms with E-state index in [2.05, 4.69) is 12.2 Å². The maximum Gasteiger partial charge on any atom is 0.144 e. The van der Waals surface area contributed by atoms with Crippen LogP contribution < -0.4 is 15.8 Å². The Labute approximate surface area is 115 Å². The molecule has 3 N–H and O–H groups in total. The molecule has 0 spiro atoms. The summed E-state index contributed by atoms with van der Waals surface area (Å²) in [6.45, 7) is 2.78. The highest BCUT2D eigenvalue weighted by molar-refractivity contribution is 5.73. The van der Waals surface area contributed by atoms with Crippen molar-refractivity contribution in [2.75, 3.05) is 24.8 Å². The molecule has 0 saturated heterocycles. The SMILES string of the molecule is CCCOc1cccc(NC2CCCC2OC)c1N. The number of hydrogen-bond acceptors (Lipinski definition) is 4. The van der Waals surface area contributed by atoms with Crippen LogP contribution in [0.2, 0.25) is 0 Å². The van der Waals surface area contributed by atoms with Crippen LogP contribution in [0.5, 0.6) is 5.75 Å². The zero-order valence-electron chi connectivity index (χ0n) is 11.8. The molecular formula is C15H24N2O2. The van der Waals surface area contributed by atoms with E-state index >= 15 is 0 Å². The van der Waals surface area contributed by atoms with E-state index in [1.807, 2.05) is 18.2 Å². The lowest BCUT2D eigenvalue weighted by molar-refractivity contribution is 0.101. The number of ether oxygens (including phenoxy) is 2. The molecule has 1 saturated carbocycles. The summed E-state index contributed by atoms with van der Waals surface area (Å²) in [5.74, 6) is 0.763. The molecule has 0 amide bonds. The maximum absolute atomic E-state index is 6.16. The van der Waals surface area contributed by atoms with Gasteiger partial charge in [-0.1, -0.05) is 13.0 Å². The third kappa shape index (κ3) is 3.32. The van der Waals surface area contributed by atoms with Crippen LogP contribution in [0.25, 0.3) is 0 Å². The van der Waals surface area contributed by atoms with E-state index in [4.69, 9.17) is 15.2 Å². The van der Waals surface area contributed by atoms with Gasteiger partial charge < -0.3 is 20.5 Å². The van der Waals surface area contributed by atoms with Gasteiger partial charge in [0.05, 0.1) is 30.1 Å². The molecule has 1 aliphatic carbocycles. The average Bonchev–Trinajstić information content (AvgIpc) is 2.87. The summed E-state index contributed by atoms with van der Waals surface area (Å²) in [6, 6.07) is 6.23. The number of nitrogens with one attached hydrogen (secondary N) is 1. The first-order valence-electron chi connectivity index (χ1n) is 7.07. The van der Waals surface area contributed by atoms with Crippen molar-refractivity contribution >= 4 is 11.4 Å². The number of nitrogens with two attached hydrogens (primary N) is 1. The summed E-state index contributed by atoms with van der Waals surface area (Å²) < 4.78 is 11.1. The Morgan fingerprint density at radius 3 is 2.95 bits per heavy atom. The van der Waals surface area contributed by atoms with Crippen molar-refractivity contribution in [1.82, 2.24) is 0 Å². The number of benzene rings is 1. The van der Waals surface area contributed by atoms with Gasteiger partial charge in [-0.25, -0.2) is 0 Å². The quantitative estimate of drug-likeness (QED) is 0.775. The zero-order valence-corrected chi connectivity index (χ0v) is 11.8. The molecule has 0 radical (unpaired) electrons. The Morgan fingerprint density at radius 1 is 1.37 bits per heavy atom. The summed E-state index contributed by atoms with van der Waals surface area (Å²) in [4.78, 5) is 0. The van der Waals surface area contributed by atoms with Crippen LogP contribution in [0.3, 0.4) is 0 Å². The summed E-state index contributed by atoms with van der Waals surface area (Å²) in [7, 11) is 1.77. The molecule has 4 nitrogen and oxygen atoms in total. The molecule has 106 valence electrons. The fraction of sp³-hybridized carbons (Fsp3) is 0.600. The van der Waals surface area contributed by atoms with Gasteiger partial charge in [0.25, 0.3) is 0 Å². The Hall–Kier alpha value is -1.42. The van der Waals surface area contributed by atoms with Crippen LogP contribution in [0, 0.1) is 0 Å². The van der Waals surface area contributed by atoms with Gasteiger partial charge in [0.2, 0.25) is 0 Å². The highest BCUT2D eigenvalue weighted by atomic mass is 16.5. The summed E-state index contributed by atoms with van der Waals surface area (Å²) >= 11 is 0. The van der Waals surface area contributed by atoms with Gasteiger partial charge in [-0.15, -0.1) is 0 Å². The molecule has 2 unspecified atom stereocenters.